The largest absolute Gasteiger partial charge is 0.438 e. The molecule has 1 aliphatic rings. The fourth-order valence-electron chi connectivity index (χ4n) is 2.48. The van der Waals surface area contributed by atoms with Crippen LogP contribution in [-0.4, -0.2) is 34.9 Å². The van der Waals surface area contributed by atoms with Crippen LogP contribution < -0.4 is 14.1 Å². The van der Waals surface area contributed by atoms with Crippen molar-refractivity contribution in [2.75, 3.05) is 39.8 Å². The highest BCUT2D eigenvalue weighted by molar-refractivity contribution is 5.95. The Labute approximate surface area is 108 Å². The maximum Gasteiger partial charge on any atom is 0.228 e. The highest BCUT2D eigenvalue weighted by Crippen LogP contribution is 2.43. The van der Waals surface area contributed by atoms with Crippen molar-refractivity contribution in [2.45, 2.75) is 0 Å². The average molecular weight is 243 g/mol. The summed E-state index contributed by atoms with van der Waals surface area (Å²) in [6, 6.07) is 10.9. The van der Waals surface area contributed by atoms with Gasteiger partial charge >= 0.3 is 0 Å². The van der Waals surface area contributed by atoms with E-state index in [0.29, 0.717) is 6.73 Å². The molecule has 0 bridgehead atoms. The van der Waals surface area contributed by atoms with Gasteiger partial charge in [0.25, 0.3) is 0 Å². The second kappa shape index (κ2) is 3.62. The van der Waals surface area contributed by atoms with Crippen LogP contribution >= 0.6 is 0 Å². The topological polar surface area (TPSA) is 12.5 Å². The lowest BCUT2D eigenvalue weighted by Crippen LogP contribution is -2.39. The standard InChI is InChI=1S/C15H19N2O/c1-16(2)12-6-7-13-11(9-12)5-8-14-15(13)18-10-17(14,3)4/h5-9H,10H2,1-4H3/q+1. The van der Waals surface area contributed by atoms with Crippen molar-refractivity contribution < 1.29 is 4.74 Å². The molecule has 2 aromatic rings. The van der Waals surface area contributed by atoms with Crippen LogP contribution in [0.3, 0.4) is 0 Å². The quantitative estimate of drug-likeness (QED) is 0.714. The molecule has 3 rings (SSSR count). The Kier molecular flexibility index (Phi) is 2.29. The van der Waals surface area contributed by atoms with E-state index in [1.54, 1.807) is 0 Å². The van der Waals surface area contributed by atoms with Gasteiger partial charge in [-0.05, 0) is 29.7 Å². The summed E-state index contributed by atoms with van der Waals surface area (Å²) in [7, 11) is 8.47. The first-order valence-electron chi connectivity index (χ1n) is 6.19. The summed E-state index contributed by atoms with van der Waals surface area (Å²) in [5.41, 5.74) is 2.48. The third-order valence-corrected chi connectivity index (χ3v) is 3.63. The van der Waals surface area contributed by atoms with E-state index >= 15 is 0 Å². The van der Waals surface area contributed by atoms with Gasteiger partial charge in [-0.25, -0.2) is 0 Å². The SMILES string of the molecule is CN(C)c1ccc2c3c(ccc2c1)[N+](C)(C)CO3. The minimum Gasteiger partial charge on any atom is -0.438 e. The fourth-order valence-corrected chi connectivity index (χ4v) is 2.48. The molecule has 0 radical (unpaired) electrons. The van der Waals surface area contributed by atoms with Gasteiger partial charge < -0.3 is 9.64 Å². The van der Waals surface area contributed by atoms with Gasteiger partial charge in [0.05, 0.1) is 14.1 Å². The molecule has 18 heavy (non-hydrogen) atoms. The van der Waals surface area contributed by atoms with Crippen LogP contribution in [0.15, 0.2) is 30.3 Å². The molecule has 3 nitrogen and oxygen atoms in total. The Hall–Kier alpha value is -1.74. The van der Waals surface area contributed by atoms with Crippen LogP contribution in [0.4, 0.5) is 11.4 Å². The van der Waals surface area contributed by atoms with E-state index < -0.39 is 0 Å². The Morgan fingerprint density at radius 1 is 1.11 bits per heavy atom. The van der Waals surface area contributed by atoms with Crippen molar-refractivity contribution in [3.8, 4) is 5.75 Å². The molecule has 0 unspecified atom stereocenters. The molecule has 1 aliphatic heterocycles. The monoisotopic (exact) mass is 243 g/mol. The zero-order chi connectivity index (χ0) is 12.9. The molecule has 0 aliphatic carbocycles. The highest BCUT2D eigenvalue weighted by atomic mass is 16.5. The first kappa shape index (κ1) is 11.4. The van der Waals surface area contributed by atoms with Crippen molar-refractivity contribution >= 4 is 22.1 Å². The lowest BCUT2D eigenvalue weighted by molar-refractivity contribution is 0.229. The summed E-state index contributed by atoms with van der Waals surface area (Å²) < 4.78 is 6.68. The Morgan fingerprint density at radius 2 is 1.89 bits per heavy atom. The van der Waals surface area contributed by atoms with E-state index in [1.807, 2.05) is 0 Å². The van der Waals surface area contributed by atoms with Crippen molar-refractivity contribution in [1.29, 1.82) is 0 Å². The van der Waals surface area contributed by atoms with Gasteiger partial charge in [-0.15, -0.1) is 0 Å². The van der Waals surface area contributed by atoms with Gasteiger partial charge in [-0.3, -0.25) is 4.48 Å². The number of nitrogens with zero attached hydrogens (tertiary/aromatic N) is 2. The molecule has 0 N–H and O–H groups in total. The first-order valence-corrected chi connectivity index (χ1v) is 6.19. The summed E-state index contributed by atoms with van der Waals surface area (Å²) in [5, 5.41) is 2.45. The molecule has 0 atom stereocenters. The van der Waals surface area contributed by atoms with E-state index in [4.69, 9.17) is 4.74 Å². The number of rotatable bonds is 1. The molecule has 0 spiro atoms. The number of quaternary nitrogens is 1. The average Bonchev–Trinajstić information content (AvgIpc) is 2.65. The Bertz CT molecular complexity index is 617. The molecule has 0 saturated heterocycles. The van der Waals surface area contributed by atoms with Crippen LogP contribution in [0, 0.1) is 0 Å². The van der Waals surface area contributed by atoms with Crippen molar-refractivity contribution in [3.05, 3.63) is 30.3 Å². The van der Waals surface area contributed by atoms with Crippen LogP contribution in [0.2, 0.25) is 0 Å². The summed E-state index contributed by atoms with van der Waals surface area (Å²) >= 11 is 0. The first-order chi connectivity index (χ1) is 8.49. The number of ether oxygens (including phenoxy) is 1. The smallest absolute Gasteiger partial charge is 0.228 e. The van der Waals surface area contributed by atoms with E-state index in [-0.39, 0.29) is 0 Å². The number of benzene rings is 2. The van der Waals surface area contributed by atoms with Gasteiger partial charge in [0.1, 0.15) is 0 Å². The van der Waals surface area contributed by atoms with E-state index in [0.717, 1.165) is 10.2 Å². The van der Waals surface area contributed by atoms with Crippen molar-refractivity contribution in [2.24, 2.45) is 0 Å². The molecule has 0 saturated carbocycles. The van der Waals surface area contributed by atoms with E-state index in [9.17, 15) is 0 Å². The van der Waals surface area contributed by atoms with E-state index in [1.165, 1.54) is 22.1 Å². The lowest BCUT2D eigenvalue weighted by Gasteiger charge is -2.20. The molecule has 0 amide bonds. The Morgan fingerprint density at radius 3 is 2.61 bits per heavy atom. The van der Waals surface area contributed by atoms with Gasteiger partial charge in [0.2, 0.25) is 6.73 Å². The number of fused-ring (bicyclic) bond motifs is 3. The third-order valence-electron chi connectivity index (χ3n) is 3.63. The fraction of sp³-hybridized carbons (Fsp3) is 0.333. The van der Waals surface area contributed by atoms with Crippen LogP contribution in [0.25, 0.3) is 10.8 Å². The molecule has 0 aromatic heterocycles. The predicted molar refractivity (Wildman–Crippen MR) is 77.4 cm³/mol. The summed E-state index contributed by atoms with van der Waals surface area (Å²) in [6.07, 6.45) is 0. The maximum absolute atomic E-state index is 5.89. The van der Waals surface area contributed by atoms with Crippen LogP contribution in [0.5, 0.6) is 5.75 Å². The highest BCUT2D eigenvalue weighted by Gasteiger charge is 2.32. The Balaban J connectivity index is 2.24. The summed E-state index contributed by atoms with van der Waals surface area (Å²) in [6.45, 7) is 0.712. The van der Waals surface area contributed by atoms with Gasteiger partial charge in [0.15, 0.2) is 11.4 Å². The zero-order valence-electron chi connectivity index (χ0n) is 11.4. The molecular weight excluding hydrogens is 224 g/mol. The van der Waals surface area contributed by atoms with Crippen molar-refractivity contribution in [1.82, 2.24) is 4.48 Å². The molecule has 2 aromatic carbocycles. The number of anilines is 1. The molecule has 94 valence electrons. The number of hydrogen-bond acceptors (Lipinski definition) is 2. The van der Waals surface area contributed by atoms with Gasteiger partial charge in [-0.2, -0.15) is 0 Å². The van der Waals surface area contributed by atoms with Gasteiger partial charge in [-0.1, -0.05) is 0 Å². The van der Waals surface area contributed by atoms with E-state index in [2.05, 4.69) is 63.4 Å². The normalized spacial score (nSPS) is 16.4. The van der Waals surface area contributed by atoms with Gasteiger partial charge in [0, 0.05) is 31.2 Å². The summed E-state index contributed by atoms with van der Waals surface area (Å²) in [4.78, 5) is 2.12. The number of hydrogen-bond donors (Lipinski definition) is 0. The second-order valence-corrected chi connectivity index (χ2v) is 5.67. The maximum atomic E-state index is 5.89. The summed E-state index contributed by atoms with van der Waals surface area (Å²) in [5.74, 6) is 1.04. The minimum absolute atomic E-state index is 0.712. The lowest BCUT2D eigenvalue weighted by atomic mass is 10.1. The van der Waals surface area contributed by atoms with Crippen LogP contribution in [-0.2, 0) is 0 Å². The molecule has 3 heteroatoms. The van der Waals surface area contributed by atoms with Crippen LogP contribution in [0.1, 0.15) is 0 Å². The zero-order valence-corrected chi connectivity index (χ0v) is 11.4. The predicted octanol–water partition coefficient (Wildman–Crippen LogP) is 2.82. The minimum atomic E-state index is 0.712. The molecule has 1 heterocycles. The molecule has 0 fully saturated rings. The van der Waals surface area contributed by atoms with Crippen molar-refractivity contribution in [3.63, 3.8) is 0 Å². The molecular formula is C15H19N2O+. The second-order valence-electron chi connectivity index (χ2n) is 5.67. The third kappa shape index (κ3) is 1.55.